The standard InChI is InChI=1S/C14H11ClN2O4/c15-9-3-5-10(6-4-9)21-8-12(18)17-11-2-1-7-16-13(11)14(19)20/h1-7H,8H2,(H,17,18)(H,19,20). The van der Waals surface area contributed by atoms with Crippen molar-refractivity contribution in [2.45, 2.75) is 0 Å². The molecule has 0 aliphatic heterocycles. The van der Waals surface area contributed by atoms with Crippen molar-refractivity contribution in [3.63, 3.8) is 0 Å². The molecule has 0 atom stereocenters. The number of aromatic nitrogens is 1. The highest BCUT2D eigenvalue weighted by molar-refractivity contribution is 6.30. The molecule has 108 valence electrons. The van der Waals surface area contributed by atoms with Gasteiger partial charge in [0.1, 0.15) is 5.75 Å². The Kier molecular flexibility index (Phi) is 4.73. The monoisotopic (exact) mass is 306 g/mol. The summed E-state index contributed by atoms with van der Waals surface area (Å²) in [6.07, 6.45) is 1.34. The SMILES string of the molecule is O=C(COc1ccc(Cl)cc1)Nc1cccnc1C(=O)O. The molecule has 0 fully saturated rings. The average molecular weight is 307 g/mol. The van der Waals surface area contributed by atoms with Crippen LogP contribution in [-0.2, 0) is 4.79 Å². The van der Waals surface area contributed by atoms with Crippen molar-refractivity contribution in [3.8, 4) is 5.75 Å². The average Bonchev–Trinajstić information content (AvgIpc) is 2.47. The maximum Gasteiger partial charge on any atom is 0.356 e. The molecule has 0 saturated carbocycles. The second kappa shape index (κ2) is 6.71. The molecule has 2 rings (SSSR count). The fourth-order valence-corrected chi connectivity index (χ4v) is 1.67. The first-order chi connectivity index (χ1) is 10.1. The fourth-order valence-electron chi connectivity index (χ4n) is 1.54. The molecule has 2 N–H and O–H groups in total. The van der Waals surface area contributed by atoms with Gasteiger partial charge in [-0.2, -0.15) is 0 Å². The van der Waals surface area contributed by atoms with E-state index in [0.717, 1.165) is 0 Å². The van der Waals surface area contributed by atoms with Gasteiger partial charge in [0.2, 0.25) is 0 Å². The van der Waals surface area contributed by atoms with Crippen molar-refractivity contribution in [2.75, 3.05) is 11.9 Å². The molecule has 0 aliphatic rings. The molecule has 2 aromatic rings. The number of nitrogens with one attached hydrogen (secondary N) is 1. The highest BCUT2D eigenvalue weighted by atomic mass is 35.5. The summed E-state index contributed by atoms with van der Waals surface area (Å²) in [5.41, 5.74) is -0.105. The van der Waals surface area contributed by atoms with Crippen LogP contribution in [0.2, 0.25) is 5.02 Å². The van der Waals surface area contributed by atoms with Crippen molar-refractivity contribution in [1.29, 1.82) is 0 Å². The number of carboxylic acids is 1. The maximum atomic E-state index is 11.7. The fraction of sp³-hybridized carbons (Fsp3) is 0.0714. The predicted molar refractivity (Wildman–Crippen MR) is 76.8 cm³/mol. The van der Waals surface area contributed by atoms with E-state index in [9.17, 15) is 9.59 Å². The number of hydrogen-bond donors (Lipinski definition) is 2. The highest BCUT2D eigenvalue weighted by Crippen LogP contribution is 2.16. The minimum Gasteiger partial charge on any atom is -0.484 e. The van der Waals surface area contributed by atoms with E-state index in [-0.39, 0.29) is 18.0 Å². The summed E-state index contributed by atoms with van der Waals surface area (Å²) in [5, 5.41) is 12.0. The molecular weight excluding hydrogens is 296 g/mol. The lowest BCUT2D eigenvalue weighted by Gasteiger charge is -2.09. The Morgan fingerprint density at radius 2 is 1.95 bits per heavy atom. The number of anilines is 1. The van der Waals surface area contributed by atoms with E-state index in [2.05, 4.69) is 10.3 Å². The lowest BCUT2D eigenvalue weighted by Crippen LogP contribution is -2.22. The summed E-state index contributed by atoms with van der Waals surface area (Å²) < 4.78 is 5.26. The highest BCUT2D eigenvalue weighted by Gasteiger charge is 2.13. The number of carbonyl (C=O) groups is 2. The molecule has 0 unspecified atom stereocenters. The van der Waals surface area contributed by atoms with Gasteiger partial charge >= 0.3 is 5.97 Å². The van der Waals surface area contributed by atoms with Crippen LogP contribution in [0.15, 0.2) is 42.6 Å². The molecule has 0 radical (unpaired) electrons. The lowest BCUT2D eigenvalue weighted by molar-refractivity contribution is -0.118. The van der Waals surface area contributed by atoms with Crippen LogP contribution >= 0.6 is 11.6 Å². The number of amides is 1. The van der Waals surface area contributed by atoms with E-state index in [1.807, 2.05) is 0 Å². The molecule has 7 heteroatoms. The summed E-state index contributed by atoms with van der Waals surface area (Å²) in [6, 6.07) is 9.51. The third-order valence-corrected chi connectivity index (χ3v) is 2.72. The zero-order chi connectivity index (χ0) is 15.2. The van der Waals surface area contributed by atoms with Crippen LogP contribution in [0.5, 0.6) is 5.75 Å². The summed E-state index contributed by atoms with van der Waals surface area (Å²) in [6.45, 7) is -0.254. The largest absolute Gasteiger partial charge is 0.484 e. The van der Waals surface area contributed by atoms with Gasteiger partial charge in [0.25, 0.3) is 5.91 Å². The van der Waals surface area contributed by atoms with Gasteiger partial charge in [-0.1, -0.05) is 11.6 Å². The number of hydrogen-bond acceptors (Lipinski definition) is 4. The molecule has 6 nitrogen and oxygen atoms in total. The quantitative estimate of drug-likeness (QED) is 0.885. The van der Waals surface area contributed by atoms with Crippen molar-refractivity contribution >= 4 is 29.2 Å². The number of carboxylic acid groups (broad SMARTS) is 1. The number of ether oxygens (including phenoxy) is 1. The number of benzene rings is 1. The van der Waals surface area contributed by atoms with Gasteiger partial charge in [-0.05, 0) is 36.4 Å². The lowest BCUT2D eigenvalue weighted by atomic mass is 10.3. The van der Waals surface area contributed by atoms with E-state index in [1.165, 1.54) is 18.3 Å². The van der Waals surface area contributed by atoms with Crippen LogP contribution in [-0.4, -0.2) is 28.6 Å². The van der Waals surface area contributed by atoms with Crippen LogP contribution < -0.4 is 10.1 Å². The van der Waals surface area contributed by atoms with Gasteiger partial charge in [0.05, 0.1) is 5.69 Å². The molecule has 1 aromatic heterocycles. The first kappa shape index (κ1) is 14.8. The topological polar surface area (TPSA) is 88.5 Å². The van der Waals surface area contributed by atoms with E-state index in [4.69, 9.17) is 21.4 Å². The first-order valence-corrected chi connectivity index (χ1v) is 6.30. The summed E-state index contributed by atoms with van der Waals surface area (Å²) in [4.78, 5) is 26.4. The van der Waals surface area contributed by atoms with Crippen LogP contribution in [0.3, 0.4) is 0 Å². The molecule has 1 heterocycles. The summed E-state index contributed by atoms with van der Waals surface area (Å²) in [5.74, 6) is -1.22. The molecule has 0 saturated heterocycles. The van der Waals surface area contributed by atoms with Gasteiger partial charge < -0.3 is 15.2 Å². The zero-order valence-corrected chi connectivity index (χ0v) is 11.5. The van der Waals surface area contributed by atoms with E-state index in [1.54, 1.807) is 24.3 Å². The van der Waals surface area contributed by atoms with Crippen molar-refractivity contribution in [2.24, 2.45) is 0 Å². The Bertz CT molecular complexity index is 658. The van der Waals surface area contributed by atoms with Gasteiger partial charge in [-0.3, -0.25) is 4.79 Å². The Balaban J connectivity index is 1.96. The van der Waals surface area contributed by atoms with Gasteiger partial charge in [-0.25, -0.2) is 9.78 Å². The number of halogens is 1. The van der Waals surface area contributed by atoms with Crippen LogP contribution in [0, 0.1) is 0 Å². The summed E-state index contributed by atoms with van der Waals surface area (Å²) in [7, 11) is 0. The van der Waals surface area contributed by atoms with Crippen molar-refractivity contribution in [3.05, 3.63) is 53.3 Å². The first-order valence-electron chi connectivity index (χ1n) is 5.93. The Hall–Kier alpha value is -2.60. The minimum atomic E-state index is -1.22. The number of carbonyl (C=O) groups excluding carboxylic acids is 1. The second-order valence-corrected chi connectivity index (χ2v) is 4.43. The molecular formula is C14H11ClN2O4. The molecule has 0 aliphatic carbocycles. The number of nitrogens with zero attached hydrogens (tertiary/aromatic N) is 1. The van der Waals surface area contributed by atoms with E-state index >= 15 is 0 Å². The molecule has 21 heavy (non-hydrogen) atoms. The number of rotatable bonds is 5. The van der Waals surface area contributed by atoms with Crippen LogP contribution in [0.1, 0.15) is 10.5 Å². The summed E-state index contributed by atoms with van der Waals surface area (Å²) >= 11 is 5.73. The van der Waals surface area contributed by atoms with E-state index in [0.29, 0.717) is 10.8 Å². The van der Waals surface area contributed by atoms with Crippen LogP contribution in [0.25, 0.3) is 0 Å². The number of aromatic carboxylic acids is 1. The van der Waals surface area contributed by atoms with Crippen molar-refractivity contribution < 1.29 is 19.4 Å². The molecule has 1 amide bonds. The van der Waals surface area contributed by atoms with Gasteiger partial charge in [0, 0.05) is 11.2 Å². The van der Waals surface area contributed by atoms with Gasteiger partial charge in [0.15, 0.2) is 12.3 Å². The smallest absolute Gasteiger partial charge is 0.356 e. The number of pyridine rings is 1. The van der Waals surface area contributed by atoms with Crippen LogP contribution in [0.4, 0.5) is 5.69 Å². The third-order valence-electron chi connectivity index (χ3n) is 2.47. The Morgan fingerprint density at radius 1 is 1.24 bits per heavy atom. The maximum absolute atomic E-state index is 11.7. The van der Waals surface area contributed by atoms with Crippen molar-refractivity contribution in [1.82, 2.24) is 4.98 Å². The van der Waals surface area contributed by atoms with E-state index < -0.39 is 11.9 Å². The second-order valence-electron chi connectivity index (χ2n) is 4.00. The molecule has 0 bridgehead atoms. The third kappa shape index (κ3) is 4.19. The molecule has 1 aromatic carbocycles. The Morgan fingerprint density at radius 3 is 2.62 bits per heavy atom. The normalized spacial score (nSPS) is 9.95. The molecule has 0 spiro atoms. The Labute approximate surface area is 125 Å². The predicted octanol–water partition coefficient (Wildman–Crippen LogP) is 2.45. The zero-order valence-electron chi connectivity index (χ0n) is 10.7. The minimum absolute atomic E-state index is 0.120. The van der Waals surface area contributed by atoms with Gasteiger partial charge in [-0.15, -0.1) is 0 Å².